The topological polar surface area (TPSA) is 64.6 Å². The molecule has 1 N–H and O–H groups in total. The summed E-state index contributed by atoms with van der Waals surface area (Å²) in [6.45, 7) is 1.13. The van der Waals surface area contributed by atoms with E-state index in [2.05, 4.69) is 5.32 Å². The fraction of sp³-hybridized carbons (Fsp3) is 0.500. The zero-order valence-corrected chi connectivity index (χ0v) is 15.4. The third kappa shape index (κ3) is 5.43. The molecule has 8 heteroatoms. The van der Waals surface area contributed by atoms with Gasteiger partial charge in [0.15, 0.2) is 12.7 Å². The average Bonchev–Trinajstić information content (AvgIpc) is 3.02. The molecule has 0 aliphatic heterocycles. The van der Waals surface area contributed by atoms with Crippen LogP contribution in [0.1, 0.15) is 32.6 Å². The van der Waals surface area contributed by atoms with Crippen molar-refractivity contribution in [2.45, 2.75) is 44.8 Å². The summed E-state index contributed by atoms with van der Waals surface area (Å²) in [5.41, 5.74) is 0. The molecule has 1 fully saturated rings. The van der Waals surface area contributed by atoms with E-state index in [1.54, 1.807) is 0 Å². The van der Waals surface area contributed by atoms with Crippen molar-refractivity contribution >= 4 is 46.7 Å². The average molecular weight is 395 g/mol. The molecule has 2 rings (SSSR count). The summed E-state index contributed by atoms with van der Waals surface area (Å²) in [7, 11) is 0. The first kappa shape index (κ1) is 19.2. The van der Waals surface area contributed by atoms with Crippen LogP contribution in [0.25, 0.3) is 0 Å². The number of hydrogen-bond acceptors (Lipinski definition) is 4. The smallest absolute Gasteiger partial charge is 0.344 e. The predicted molar refractivity (Wildman–Crippen MR) is 92.9 cm³/mol. The maximum absolute atomic E-state index is 12.0. The van der Waals surface area contributed by atoms with Crippen molar-refractivity contribution in [3.05, 3.63) is 27.2 Å². The molecule has 132 valence electrons. The van der Waals surface area contributed by atoms with Gasteiger partial charge in [0.2, 0.25) is 0 Å². The Morgan fingerprint density at radius 2 is 1.79 bits per heavy atom. The van der Waals surface area contributed by atoms with Crippen LogP contribution in [0.3, 0.4) is 0 Å². The number of halogens is 3. The molecule has 0 radical (unpaired) electrons. The third-order valence-electron chi connectivity index (χ3n) is 3.70. The van der Waals surface area contributed by atoms with E-state index in [0.717, 1.165) is 25.7 Å². The van der Waals surface area contributed by atoms with Gasteiger partial charge >= 0.3 is 5.97 Å². The fourth-order valence-corrected chi connectivity index (χ4v) is 3.02. The second kappa shape index (κ2) is 8.79. The molecule has 0 heterocycles. The van der Waals surface area contributed by atoms with Crippen LogP contribution < -0.4 is 10.1 Å². The molecule has 0 spiro atoms. The maximum Gasteiger partial charge on any atom is 0.344 e. The van der Waals surface area contributed by atoms with Gasteiger partial charge in [0.1, 0.15) is 5.75 Å². The number of amides is 1. The summed E-state index contributed by atoms with van der Waals surface area (Å²) in [4.78, 5) is 23.8. The Bertz CT molecular complexity index is 618. The molecule has 1 aliphatic carbocycles. The third-order valence-corrected chi connectivity index (χ3v) is 4.72. The lowest BCUT2D eigenvalue weighted by molar-refractivity contribution is -0.156. The van der Waals surface area contributed by atoms with Crippen molar-refractivity contribution in [2.24, 2.45) is 0 Å². The van der Waals surface area contributed by atoms with Gasteiger partial charge in [-0.1, -0.05) is 47.6 Å². The quantitative estimate of drug-likeness (QED) is 0.585. The standard InChI is InChI=1S/C16H18Cl3NO4/c1-9(16(22)20-10-4-2-3-5-10)24-15(21)8-23-14-7-12(18)11(17)6-13(14)19/h6-7,9-10H,2-5,8H2,1H3,(H,20,22). The monoisotopic (exact) mass is 393 g/mol. The van der Waals surface area contributed by atoms with Crippen LogP contribution in [0.5, 0.6) is 5.75 Å². The van der Waals surface area contributed by atoms with E-state index < -0.39 is 18.7 Å². The molecule has 1 aliphatic rings. The van der Waals surface area contributed by atoms with Gasteiger partial charge in [0.05, 0.1) is 15.1 Å². The Hall–Kier alpha value is -1.17. The van der Waals surface area contributed by atoms with Gasteiger partial charge in [0.25, 0.3) is 5.91 Å². The summed E-state index contributed by atoms with van der Waals surface area (Å²) >= 11 is 17.6. The number of ether oxygens (including phenoxy) is 2. The molecule has 0 bridgehead atoms. The van der Waals surface area contributed by atoms with E-state index in [0.29, 0.717) is 0 Å². The Morgan fingerprint density at radius 1 is 1.17 bits per heavy atom. The number of benzene rings is 1. The molecule has 24 heavy (non-hydrogen) atoms. The Morgan fingerprint density at radius 3 is 2.46 bits per heavy atom. The minimum Gasteiger partial charge on any atom is -0.480 e. The minimum atomic E-state index is -0.883. The van der Waals surface area contributed by atoms with Crippen molar-refractivity contribution in [2.75, 3.05) is 6.61 Å². The van der Waals surface area contributed by atoms with Crippen LogP contribution in [0, 0.1) is 0 Å². The highest BCUT2D eigenvalue weighted by Crippen LogP contribution is 2.33. The Balaban J connectivity index is 1.80. The van der Waals surface area contributed by atoms with Crippen LogP contribution in [0.15, 0.2) is 12.1 Å². The number of carbonyl (C=O) groups excluding carboxylic acids is 2. The van der Waals surface area contributed by atoms with Crippen LogP contribution in [-0.2, 0) is 14.3 Å². The van der Waals surface area contributed by atoms with Gasteiger partial charge in [-0.25, -0.2) is 4.79 Å². The molecule has 1 unspecified atom stereocenters. The first-order chi connectivity index (χ1) is 11.4. The number of rotatable bonds is 6. The van der Waals surface area contributed by atoms with E-state index >= 15 is 0 Å². The second-order valence-corrected chi connectivity index (χ2v) is 6.83. The van der Waals surface area contributed by atoms with E-state index in [1.165, 1.54) is 19.1 Å². The zero-order chi connectivity index (χ0) is 17.7. The van der Waals surface area contributed by atoms with Gasteiger partial charge in [-0.3, -0.25) is 4.79 Å². The molecule has 1 atom stereocenters. The Kier molecular flexibility index (Phi) is 7.02. The summed E-state index contributed by atoms with van der Waals surface area (Å²) in [5, 5.41) is 3.64. The van der Waals surface area contributed by atoms with E-state index in [-0.39, 0.29) is 32.8 Å². The molecule has 0 saturated heterocycles. The molecular formula is C16H18Cl3NO4. The maximum atomic E-state index is 12.0. The van der Waals surface area contributed by atoms with Crippen LogP contribution >= 0.6 is 34.8 Å². The molecule has 0 aromatic heterocycles. The van der Waals surface area contributed by atoms with Gasteiger partial charge in [-0.15, -0.1) is 0 Å². The van der Waals surface area contributed by atoms with Crippen LogP contribution in [-0.4, -0.2) is 30.6 Å². The molecule has 1 aromatic rings. The van der Waals surface area contributed by atoms with Gasteiger partial charge in [0, 0.05) is 12.1 Å². The molecule has 1 saturated carbocycles. The highest BCUT2D eigenvalue weighted by molar-refractivity contribution is 6.43. The molecular weight excluding hydrogens is 377 g/mol. The number of nitrogens with one attached hydrogen (secondary N) is 1. The van der Waals surface area contributed by atoms with Crippen molar-refractivity contribution < 1.29 is 19.1 Å². The van der Waals surface area contributed by atoms with Gasteiger partial charge < -0.3 is 14.8 Å². The minimum absolute atomic E-state index is 0.171. The normalized spacial score (nSPS) is 15.8. The SMILES string of the molecule is CC(OC(=O)COc1cc(Cl)c(Cl)cc1Cl)C(=O)NC1CCCC1. The highest BCUT2D eigenvalue weighted by atomic mass is 35.5. The summed E-state index contributed by atoms with van der Waals surface area (Å²) in [6, 6.07) is 3.00. The molecule has 5 nitrogen and oxygen atoms in total. The van der Waals surface area contributed by atoms with Crippen molar-refractivity contribution in [1.82, 2.24) is 5.32 Å². The largest absolute Gasteiger partial charge is 0.480 e. The summed E-state index contributed by atoms with van der Waals surface area (Å²) < 4.78 is 10.3. The lowest BCUT2D eigenvalue weighted by atomic mass is 10.2. The zero-order valence-electron chi connectivity index (χ0n) is 13.1. The van der Waals surface area contributed by atoms with E-state index in [9.17, 15) is 9.59 Å². The molecule has 1 aromatic carbocycles. The first-order valence-electron chi connectivity index (χ1n) is 7.64. The van der Waals surface area contributed by atoms with Crippen LogP contribution in [0.4, 0.5) is 0 Å². The van der Waals surface area contributed by atoms with Gasteiger partial charge in [-0.2, -0.15) is 0 Å². The summed E-state index contributed by atoms with van der Waals surface area (Å²) in [5.74, 6) is -0.764. The van der Waals surface area contributed by atoms with Crippen molar-refractivity contribution in [1.29, 1.82) is 0 Å². The fourth-order valence-electron chi connectivity index (χ4n) is 2.42. The lowest BCUT2D eigenvalue weighted by Gasteiger charge is -2.17. The Labute approximate surface area is 155 Å². The first-order valence-corrected chi connectivity index (χ1v) is 8.77. The molecule has 1 amide bonds. The van der Waals surface area contributed by atoms with Crippen molar-refractivity contribution in [3.8, 4) is 5.75 Å². The van der Waals surface area contributed by atoms with Crippen LogP contribution in [0.2, 0.25) is 15.1 Å². The summed E-state index contributed by atoms with van der Waals surface area (Å²) in [6.07, 6.45) is 3.26. The van der Waals surface area contributed by atoms with Gasteiger partial charge in [-0.05, 0) is 25.8 Å². The lowest BCUT2D eigenvalue weighted by Crippen LogP contribution is -2.41. The number of carbonyl (C=O) groups is 2. The predicted octanol–water partition coefficient (Wildman–Crippen LogP) is 4.02. The van der Waals surface area contributed by atoms with E-state index in [1.807, 2.05) is 0 Å². The number of hydrogen-bond donors (Lipinski definition) is 1. The second-order valence-electron chi connectivity index (χ2n) is 5.61. The number of esters is 1. The van der Waals surface area contributed by atoms with Crippen molar-refractivity contribution in [3.63, 3.8) is 0 Å². The highest BCUT2D eigenvalue weighted by Gasteiger charge is 2.23. The van der Waals surface area contributed by atoms with E-state index in [4.69, 9.17) is 44.3 Å².